The van der Waals surface area contributed by atoms with Crippen LogP contribution in [0.4, 0.5) is 0 Å². The lowest BCUT2D eigenvalue weighted by Gasteiger charge is -2.18. The fourth-order valence-corrected chi connectivity index (χ4v) is 8.96. The van der Waals surface area contributed by atoms with Crippen LogP contribution in [-0.4, -0.2) is 37.2 Å². The largest absolute Gasteiger partial charge is 0.462 e. The standard InChI is InChI=1S/C74H122O6/c1-4-7-10-13-16-19-22-25-28-30-32-33-34-35-36-37-38-39-40-41-42-44-46-49-52-55-58-61-64-67-73(76)79-70-71(69-78-72(75)66-63-60-57-54-51-48-45-27-24-21-18-15-12-9-6-3)80-74(77)68-65-62-59-56-53-50-47-43-31-29-26-23-20-17-14-11-8-5-2/h7,9-10,12,16,18-19,21,25,27-29,31-33,35-36,38-39,45,51,54,71H,4-6,8,11,13-15,17,20,22-24,26,30,34,37,40-44,46-50,52-53,55-70H2,1-3H3/b10-7-,12-9-,19-16-,21-18-,28-25-,31-29-,33-32-,36-35-,39-38-,45-27-,54-51-. The summed E-state index contributed by atoms with van der Waals surface area (Å²) in [6.07, 6.45) is 94.6. The number of rotatable bonds is 59. The van der Waals surface area contributed by atoms with Crippen molar-refractivity contribution in [1.82, 2.24) is 0 Å². The van der Waals surface area contributed by atoms with Crippen LogP contribution in [-0.2, 0) is 28.6 Å². The molecule has 0 aliphatic rings. The molecule has 6 nitrogen and oxygen atoms in total. The molecule has 1 atom stereocenters. The molecule has 0 radical (unpaired) electrons. The fourth-order valence-electron chi connectivity index (χ4n) is 8.96. The normalized spacial score (nSPS) is 13.0. The summed E-state index contributed by atoms with van der Waals surface area (Å²) >= 11 is 0. The number of allylic oxidation sites excluding steroid dienone is 22. The summed E-state index contributed by atoms with van der Waals surface area (Å²) < 4.78 is 16.9. The summed E-state index contributed by atoms with van der Waals surface area (Å²) in [6, 6.07) is 0. The van der Waals surface area contributed by atoms with Crippen molar-refractivity contribution < 1.29 is 28.6 Å². The summed E-state index contributed by atoms with van der Waals surface area (Å²) in [6.45, 7) is 6.38. The predicted molar refractivity (Wildman–Crippen MR) is 348 cm³/mol. The Balaban J connectivity index is 4.37. The van der Waals surface area contributed by atoms with E-state index in [9.17, 15) is 14.4 Å². The quantitative estimate of drug-likeness (QED) is 0.0261. The molecule has 0 aliphatic heterocycles. The molecule has 80 heavy (non-hydrogen) atoms. The van der Waals surface area contributed by atoms with E-state index < -0.39 is 6.10 Å². The zero-order chi connectivity index (χ0) is 57.8. The molecule has 6 heteroatoms. The van der Waals surface area contributed by atoms with E-state index in [4.69, 9.17) is 14.2 Å². The molecule has 0 saturated carbocycles. The first-order valence-electron chi connectivity index (χ1n) is 33.2. The van der Waals surface area contributed by atoms with Gasteiger partial charge in [-0.1, -0.05) is 276 Å². The van der Waals surface area contributed by atoms with Crippen molar-refractivity contribution in [3.63, 3.8) is 0 Å². The van der Waals surface area contributed by atoms with Gasteiger partial charge < -0.3 is 14.2 Å². The second kappa shape index (κ2) is 67.1. The molecular weight excluding hydrogens is 985 g/mol. The Hall–Kier alpha value is -4.45. The SMILES string of the molecule is CC/C=C\C/C=C\C/C=C\C/C=C\C/C=C\C/C=C\CCCCCCCCCCCCC(=O)OCC(COC(=O)CCCC/C=C\C/C=C\C/C=C\C/C=C\CC)OC(=O)CCCCCCCCC/C=C\CCCCCCCCC. The molecule has 0 aromatic heterocycles. The molecule has 0 aromatic rings. The molecule has 0 bridgehead atoms. The van der Waals surface area contributed by atoms with Crippen molar-refractivity contribution in [1.29, 1.82) is 0 Å². The molecule has 0 rings (SSSR count). The van der Waals surface area contributed by atoms with Crippen LogP contribution in [0, 0.1) is 0 Å². The van der Waals surface area contributed by atoms with Gasteiger partial charge >= 0.3 is 17.9 Å². The molecule has 454 valence electrons. The Morgan fingerprint density at radius 1 is 0.263 bits per heavy atom. The van der Waals surface area contributed by atoms with Crippen LogP contribution in [0.1, 0.15) is 297 Å². The molecular formula is C74H122O6. The maximum Gasteiger partial charge on any atom is 0.306 e. The Bertz CT molecular complexity index is 1700. The molecule has 0 aliphatic carbocycles. The Morgan fingerprint density at radius 3 is 0.800 bits per heavy atom. The molecule has 0 fully saturated rings. The van der Waals surface area contributed by atoms with Crippen molar-refractivity contribution >= 4 is 17.9 Å². The predicted octanol–water partition coefficient (Wildman–Crippen LogP) is 22.9. The Labute approximate surface area is 494 Å². The van der Waals surface area contributed by atoms with Crippen molar-refractivity contribution in [3.8, 4) is 0 Å². The first-order valence-corrected chi connectivity index (χ1v) is 33.2. The summed E-state index contributed by atoms with van der Waals surface area (Å²) in [5.74, 6) is -0.945. The Kier molecular flexibility index (Phi) is 63.3. The molecule has 1 unspecified atom stereocenters. The fraction of sp³-hybridized carbons (Fsp3) is 0.662. The minimum Gasteiger partial charge on any atom is -0.462 e. The van der Waals surface area contributed by atoms with Gasteiger partial charge in [0.05, 0.1) is 0 Å². The number of carbonyl (C=O) groups is 3. The Morgan fingerprint density at radius 2 is 0.487 bits per heavy atom. The molecule has 0 N–H and O–H groups in total. The van der Waals surface area contributed by atoms with E-state index in [-0.39, 0.29) is 31.1 Å². The smallest absolute Gasteiger partial charge is 0.306 e. The third kappa shape index (κ3) is 64.4. The van der Waals surface area contributed by atoms with Crippen LogP contribution < -0.4 is 0 Å². The van der Waals surface area contributed by atoms with E-state index in [0.717, 1.165) is 122 Å². The average molecular weight is 1110 g/mol. The van der Waals surface area contributed by atoms with Crippen LogP contribution in [0.2, 0.25) is 0 Å². The summed E-state index contributed by atoms with van der Waals surface area (Å²) in [4.78, 5) is 38.4. The van der Waals surface area contributed by atoms with Gasteiger partial charge in [0.25, 0.3) is 0 Å². The monoisotopic (exact) mass is 1110 g/mol. The van der Waals surface area contributed by atoms with Gasteiger partial charge in [0, 0.05) is 19.3 Å². The highest BCUT2D eigenvalue weighted by Crippen LogP contribution is 2.15. The van der Waals surface area contributed by atoms with E-state index in [0.29, 0.717) is 19.3 Å². The highest BCUT2D eigenvalue weighted by atomic mass is 16.6. The van der Waals surface area contributed by atoms with E-state index in [1.165, 1.54) is 135 Å². The molecule has 0 aromatic carbocycles. The molecule has 0 heterocycles. The third-order valence-corrected chi connectivity index (χ3v) is 13.9. The van der Waals surface area contributed by atoms with Gasteiger partial charge in [0.15, 0.2) is 6.10 Å². The van der Waals surface area contributed by atoms with Crippen LogP contribution in [0.15, 0.2) is 134 Å². The molecule has 0 saturated heterocycles. The van der Waals surface area contributed by atoms with Crippen molar-refractivity contribution in [2.75, 3.05) is 13.2 Å². The second-order valence-electron chi connectivity index (χ2n) is 21.6. The van der Waals surface area contributed by atoms with Gasteiger partial charge in [-0.05, 0) is 135 Å². The maximum atomic E-state index is 12.9. The van der Waals surface area contributed by atoms with Gasteiger partial charge in [0.2, 0.25) is 0 Å². The first-order chi connectivity index (χ1) is 39.5. The summed E-state index contributed by atoms with van der Waals surface area (Å²) in [5, 5.41) is 0. The number of esters is 3. The zero-order valence-electron chi connectivity index (χ0n) is 52.0. The number of ether oxygens (including phenoxy) is 3. The second-order valence-corrected chi connectivity index (χ2v) is 21.6. The van der Waals surface area contributed by atoms with Crippen LogP contribution in [0.5, 0.6) is 0 Å². The lowest BCUT2D eigenvalue weighted by Crippen LogP contribution is -2.30. The van der Waals surface area contributed by atoms with Gasteiger partial charge in [-0.3, -0.25) is 14.4 Å². The lowest BCUT2D eigenvalue weighted by atomic mass is 10.1. The van der Waals surface area contributed by atoms with Gasteiger partial charge in [-0.25, -0.2) is 0 Å². The third-order valence-electron chi connectivity index (χ3n) is 13.9. The van der Waals surface area contributed by atoms with Crippen LogP contribution >= 0.6 is 0 Å². The van der Waals surface area contributed by atoms with Gasteiger partial charge in [-0.15, -0.1) is 0 Å². The molecule has 0 spiro atoms. The van der Waals surface area contributed by atoms with E-state index in [1.807, 2.05) is 0 Å². The van der Waals surface area contributed by atoms with E-state index in [1.54, 1.807) is 0 Å². The van der Waals surface area contributed by atoms with Crippen LogP contribution in [0.25, 0.3) is 0 Å². The van der Waals surface area contributed by atoms with Crippen LogP contribution in [0.3, 0.4) is 0 Å². The van der Waals surface area contributed by atoms with Crippen molar-refractivity contribution in [3.05, 3.63) is 134 Å². The maximum absolute atomic E-state index is 12.9. The van der Waals surface area contributed by atoms with Gasteiger partial charge in [0.1, 0.15) is 13.2 Å². The molecule has 0 amide bonds. The van der Waals surface area contributed by atoms with Crippen molar-refractivity contribution in [2.45, 2.75) is 303 Å². The number of hydrogen-bond donors (Lipinski definition) is 0. The number of carbonyl (C=O) groups excluding carboxylic acids is 3. The van der Waals surface area contributed by atoms with Crippen molar-refractivity contribution in [2.24, 2.45) is 0 Å². The summed E-state index contributed by atoms with van der Waals surface area (Å²) in [7, 11) is 0. The average Bonchev–Trinajstić information content (AvgIpc) is 3.46. The van der Waals surface area contributed by atoms with E-state index >= 15 is 0 Å². The zero-order valence-corrected chi connectivity index (χ0v) is 52.0. The first kappa shape index (κ1) is 75.5. The lowest BCUT2D eigenvalue weighted by molar-refractivity contribution is -0.167. The number of hydrogen-bond acceptors (Lipinski definition) is 6. The van der Waals surface area contributed by atoms with E-state index in [2.05, 4.69) is 154 Å². The van der Waals surface area contributed by atoms with Gasteiger partial charge in [-0.2, -0.15) is 0 Å². The minimum absolute atomic E-state index is 0.0978. The minimum atomic E-state index is -0.805. The highest BCUT2D eigenvalue weighted by molar-refractivity contribution is 5.71. The highest BCUT2D eigenvalue weighted by Gasteiger charge is 2.19. The summed E-state index contributed by atoms with van der Waals surface area (Å²) in [5.41, 5.74) is 0. The number of unbranched alkanes of at least 4 members (excludes halogenated alkanes) is 26. The topological polar surface area (TPSA) is 78.9 Å².